The maximum Gasteiger partial charge on any atom is 0.179 e. The van der Waals surface area contributed by atoms with Crippen molar-refractivity contribution in [3.8, 4) is 0 Å². The average molecular weight is 941 g/mol. The third kappa shape index (κ3) is 4.38. The van der Waals surface area contributed by atoms with E-state index in [4.69, 9.17) is 0 Å². The van der Waals surface area contributed by atoms with Crippen LogP contribution in [0.2, 0.25) is 0 Å². The summed E-state index contributed by atoms with van der Waals surface area (Å²) in [6.45, 7) is 0. The molecule has 0 aromatic rings. The number of alkyl halides is 9. The number of halogens is 11. The molecule has 0 radical (unpaired) electrons. The van der Waals surface area contributed by atoms with E-state index in [-0.39, 0.29) is 0 Å². The highest BCUT2D eigenvalue weighted by molar-refractivity contribution is 9.42. The van der Waals surface area contributed by atoms with Crippen LogP contribution in [0, 0.1) is 0 Å². The summed E-state index contributed by atoms with van der Waals surface area (Å²) in [6.07, 6.45) is 0. The standard InChI is InChI=1S/C4Br11N/c5-1(6,3(9,10)11)2(7,8)4(12,13)16(14)15. The van der Waals surface area contributed by atoms with Crippen molar-refractivity contribution in [3.63, 3.8) is 0 Å². The van der Waals surface area contributed by atoms with Gasteiger partial charge in [-0.2, -0.15) is 0 Å². The van der Waals surface area contributed by atoms with E-state index in [0.717, 1.165) is 0 Å². The number of hydrogen-bond donors (Lipinski definition) is 0. The summed E-state index contributed by atoms with van der Waals surface area (Å²) in [6, 6.07) is 0. The SMILES string of the molecule is BrN(Br)C(Br)(Br)C(Br)(Br)C(Br)(Br)C(Br)(Br)Br. The Morgan fingerprint density at radius 2 is 0.875 bits per heavy atom. The van der Waals surface area contributed by atoms with Crippen molar-refractivity contribution >= 4 is 176 Å². The van der Waals surface area contributed by atoms with E-state index in [1.54, 1.807) is 2.95 Å². The molecule has 0 aromatic carbocycles. The van der Waals surface area contributed by atoms with E-state index in [1.165, 1.54) is 0 Å². The molecule has 0 aliphatic carbocycles. The van der Waals surface area contributed by atoms with Crippen molar-refractivity contribution in [2.45, 2.75) is 12.0 Å². The van der Waals surface area contributed by atoms with Crippen molar-refractivity contribution in [2.24, 2.45) is 0 Å². The van der Waals surface area contributed by atoms with Crippen molar-refractivity contribution in [2.75, 3.05) is 0 Å². The highest BCUT2D eigenvalue weighted by atomic mass is 80.0. The fourth-order valence-electron chi connectivity index (χ4n) is 0.473. The van der Waals surface area contributed by atoms with Gasteiger partial charge in [-0.3, -0.25) is 0 Å². The van der Waals surface area contributed by atoms with Crippen LogP contribution >= 0.6 is 176 Å². The molecule has 0 spiro atoms. The fourth-order valence-corrected chi connectivity index (χ4v) is 7.63. The molecule has 0 unspecified atom stereocenters. The first-order valence-corrected chi connectivity index (χ1v) is 11.6. The lowest BCUT2D eigenvalue weighted by molar-refractivity contribution is 0.604. The predicted molar refractivity (Wildman–Crippen MR) is 111 cm³/mol. The quantitative estimate of drug-likeness (QED) is 0.157. The second-order valence-electron chi connectivity index (χ2n) is 2.42. The second-order valence-corrected chi connectivity index (χ2v) is 21.8. The summed E-state index contributed by atoms with van der Waals surface area (Å²) in [5.74, 6) is 0. The van der Waals surface area contributed by atoms with Gasteiger partial charge in [0, 0.05) is 32.3 Å². The van der Waals surface area contributed by atoms with Gasteiger partial charge in [0.25, 0.3) is 0 Å². The molecule has 0 aromatic heterocycles. The lowest BCUT2D eigenvalue weighted by Gasteiger charge is -2.47. The van der Waals surface area contributed by atoms with Crippen LogP contribution in [-0.2, 0) is 0 Å². The van der Waals surface area contributed by atoms with E-state index < -0.39 is 12.0 Å². The topological polar surface area (TPSA) is 3.24 Å². The van der Waals surface area contributed by atoms with Crippen LogP contribution in [0.1, 0.15) is 0 Å². The van der Waals surface area contributed by atoms with Crippen LogP contribution in [0.3, 0.4) is 0 Å². The minimum atomic E-state index is -0.722. The van der Waals surface area contributed by atoms with E-state index in [1.807, 2.05) is 0 Å². The maximum atomic E-state index is 3.60. The number of rotatable bonds is 3. The first kappa shape index (κ1) is 21.2. The first-order valence-electron chi connectivity index (χ1n) is 3.01. The van der Waals surface area contributed by atoms with Crippen LogP contribution in [0.15, 0.2) is 0 Å². The smallest absolute Gasteiger partial charge is 0.148 e. The molecule has 0 saturated carbocycles. The van der Waals surface area contributed by atoms with Gasteiger partial charge in [0.15, 0.2) is 5.50 Å². The summed E-state index contributed by atoms with van der Waals surface area (Å²) in [7, 11) is 0. The summed E-state index contributed by atoms with van der Waals surface area (Å²) < 4.78 is -1.17. The largest absolute Gasteiger partial charge is 0.179 e. The Morgan fingerprint density at radius 1 is 0.562 bits per heavy atom. The molecule has 0 atom stereocenters. The highest BCUT2D eigenvalue weighted by Crippen LogP contribution is 2.69. The Bertz CT molecular complexity index is 251. The van der Waals surface area contributed by atoms with Gasteiger partial charge < -0.3 is 0 Å². The molecule has 0 rings (SSSR count). The molecule has 98 valence electrons. The zero-order chi connectivity index (χ0) is 13.6. The molecule has 0 heterocycles. The van der Waals surface area contributed by atoms with Gasteiger partial charge in [0.1, 0.15) is 6.47 Å². The van der Waals surface area contributed by atoms with E-state index in [0.29, 0.717) is 0 Å². The van der Waals surface area contributed by atoms with Gasteiger partial charge in [0.05, 0.1) is 0 Å². The van der Waals surface area contributed by atoms with Crippen LogP contribution in [0.5, 0.6) is 0 Å². The van der Waals surface area contributed by atoms with Gasteiger partial charge >= 0.3 is 0 Å². The van der Waals surface area contributed by atoms with Crippen molar-refractivity contribution in [1.82, 2.24) is 2.95 Å². The molecule has 0 aliphatic rings. The lowest BCUT2D eigenvalue weighted by Crippen LogP contribution is -2.56. The normalized spacial score (nSPS) is 15.8. The van der Waals surface area contributed by atoms with E-state index >= 15 is 0 Å². The minimum absolute atomic E-state index is 0.629. The van der Waals surface area contributed by atoms with Crippen LogP contribution in [0.4, 0.5) is 0 Å². The van der Waals surface area contributed by atoms with Crippen molar-refractivity contribution < 1.29 is 0 Å². The Kier molecular flexibility index (Phi) is 9.57. The molecule has 0 aliphatic heterocycles. The predicted octanol–water partition coefficient (Wildman–Crippen LogP) is 8.16. The zero-order valence-corrected chi connectivity index (χ0v) is 24.1. The fraction of sp³-hybridized carbons (Fsp3) is 1.00. The van der Waals surface area contributed by atoms with Crippen LogP contribution in [0.25, 0.3) is 0 Å². The van der Waals surface area contributed by atoms with Crippen LogP contribution < -0.4 is 0 Å². The maximum absolute atomic E-state index is 3.60. The summed E-state index contributed by atoms with van der Waals surface area (Å²) >= 11 is 38.4. The third-order valence-electron chi connectivity index (χ3n) is 1.34. The Morgan fingerprint density at radius 3 is 1.06 bits per heavy atom. The van der Waals surface area contributed by atoms with Crippen LogP contribution in [-0.4, -0.2) is 14.9 Å². The minimum Gasteiger partial charge on any atom is -0.148 e. The zero-order valence-electron chi connectivity index (χ0n) is 6.60. The molecule has 0 bridgehead atoms. The Labute approximate surface area is 187 Å². The van der Waals surface area contributed by atoms with Crippen molar-refractivity contribution in [3.05, 3.63) is 0 Å². The third-order valence-corrected chi connectivity index (χ3v) is 20.2. The molecule has 0 N–H and O–H groups in total. The molecule has 1 nitrogen and oxygen atoms in total. The summed E-state index contributed by atoms with van der Waals surface area (Å²) in [5.41, 5.74) is 0. The summed E-state index contributed by atoms with van der Waals surface area (Å²) in [5, 5.41) is 0. The van der Waals surface area contributed by atoms with Gasteiger partial charge in [-0.15, -0.1) is 2.95 Å². The Balaban J connectivity index is 5.53. The average Bonchev–Trinajstić information content (AvgIpc) is 2.00. The van der Waals surface area contributed by atoms with E-state index in [9.17, 15) is 0 Å². The number of hydrogen-bond acceptors (Lipinski definition) is 1. The molecule has 16 heavy (non-hydrogen) atoms. The molecular weight excluding hydrogens is 941 g/mol. The molecule has 12 heteroatoms. The Hall–Kier alpha value is 5.24. The van der Waals surface area contributed by atoms with Gasteiger partial charge in [0.2, 0.25) is 0 Å². The molecule has 0 amide bonds. The second kappa shape index (κ2) is 7.21. The molecular formula is C4Br11N. The summed E-state index contributed by atoms with van der Waals surface area (Å²) in [4.78, 5) is 0. The highest BCUT2D eigenvalue weighted by Gasteiger charge is 2.66. The van der Waals surface area contributed by atoms with Gasteiger partial charge in [-0.05, 0) is 0 Å². The number of nitrogens with zero attached hydrogens (tertiary/aromatic N) is 1. The molecule has 0 fully saturated rings. The monoisotopic (exact) mass is 930 g/mol. The van der Waals surface area contributed by atoms with Gasteiger partial charge in [-0.25, -0.2) is 0 Å². The lowest BCUT2D eigenvalue weighted by atomic mass is 10.3. The molecule has 0 saturated heterocycles. The first-order chi connectivity index (χ1) is 6.69. The van der Waals surface area contributed by atoms with Gasteiger partial charge in [-0.1, -0.05) is 143 Å². The van der Waals surface area contributed by atoms with Crippen molar-refractivity contribution in [1.29, 1.82) is 0 Å². The van der Waals surface area contributed by atoms with E-state index in [2.05, 4.69) is 176 Å².